The predicted octanol–water partition coefficient (Wildman–Crippen LogP) is 1.95. The number of rotatable bonds is 1. The first-order chi connectivity index (χ1) is 9.61. The van der Waals surface area contributed by atoms with E-state index in [2.05, 4.69) is 26.1 Å². The second-order valence-corrected chi connectivity index (χ2v) is 6.35. The number of nitrogens with zero attached hydrogens (tertiary/aromatic N) is 1. The zero-order valence-electron chi connectivity index (χ0n) is 10.7. The van der Waals surface area contributed by atoms with Crippen molar-refractivity contribution in [1.29, 1.82) is 0 Å². The van der Waals surface area contributed by atoms with Crippen LogP contribution in [-0.4, -0.2) is 37.0 Å². The van der Waals surface area contributed by atoms with Gasteiger partial charge in [0.05, 0.1) is 29.1 Å². The van der Waals surface area contributed by atoms with Crippen molar-refractivity contribution in [3.63, 3.8) is 0 Å². The summed E-state index contributed by atoms with van der Waals surface area (Å²) in [4.78, 5) is 25.4. The molecule has 2 bridgehead atoms. The maximum Gasteiger partial charge on any atom is 0.296 e. The molecule has 1 aromatic carbocycles. The summed E-state index contributed by atoms with van der Waals surface area (Å²) in [6, 6.07) is 3.62. The van der Waals surface area contributed by atoms with E-state index in [0.717, 1.165) is 36.1 Å². The first-order valence-electron chi connectivity index (χ1n) is 6.71. The summed E-state index contributed by atoms with van der Waals surface area (Å²) in [5.74, 6) is -1.01. The number of nitrogens with one attached hydrogen (secondary N) is 1. The lowest BCUT2D eigenvalue weighted by atomic mass is 10.1. The zero-order chi connectivity index (χ0) is 13.9. The van der Waals surface area contributed by atoms with E-state index < -0.39 is 11.7 Å². The highest BCUT2D eigenvalue weighted by Crippen LogP contribution is 2.38. The Labute approximate surface area is 124 Å². The first-order valence-corrected chi connectivity index (χ1v) is 7.51. The number of hydrogen-bond donors (Lipinski definition) is 1. The molecule has 0 aliphatic carbocycles. The number of anilines is 2. The van der Waals surface area contributed by atoms with Crippen LogP contribution in [0, 0.1) is 0 Å². The standard InChI is InChI=1S/C14H13BrN2O3/c15-10-3-9-11(16-14(19)13(9)18)4-12(10)17-5-7-1-2-8(6-17)20-7/h3-4,7-8H,1-2,5-6H2,(H,16,18,19). The van der Waals surface area contributed by atoms with Gasteiger partial charge in [-0.2, -0.15) is 0 Å². The number of carbonyl (C=O) groups is 2. The Morgan fingerprint density at radius 2 is 1.90 bits per heavy atom. The number of Topliss-reactive ketones (excluding diaryl/α,β-unsaturated/α-hetero) is 1. The van der Waals surface area contributed by atoms with Gasteiger partial charge in [-0.15, -0.1) is 0 Å². The van der Waals surface area contributed by atoms with Crippen LogP contribution in [0.3, 0.4) is 0 Å². The van der Waals surface area contributed by atoms with E-state index in [-0.39, 0.29) is 0 Å². The molecule has 0 spiro atoms. The van der Waals surface area contributed by atoms with E-state index >= 15 is 0 Å². The predicted molar refractivity (Wildman–Crippen MR) is 77.2 cm³/mol. The second kappa shape index (κ2) is 4.30. The van der Waals surface area contributed by atoms with Crippen LogP contribution in [0.25, 0.3) is 0 Å². The maximum atomic E-state index is 11.7. The van der Waals surface area contributed by atoms with Crippen LogP contribution in [0.1, 0.15) is 23.2 Å². The van der Waals surface area contributed by atoms with E-state index in [9.17, 15) is 9.59 Å². The lowest BCUT2D eigenvalue weighted by molar-refractivity contribution is -0.112. The zero-order valence-corrected chi connectivity index (χ0v) is 12.3. The number of morpholine rings is 1. The lowest BCUT2D eigenvalue weighted by Crippen LogP contribution is -2.42. The molecule has 3 aliphatic heterocycles. The summed E-state index contributed by atoms with van der Waals surface area (Å²) in [7, 11) is 0. The minimum Gasteiger partial charge on any atom is -0.371 e. The number of benzene rings is 1. The number of halogens is 1. The van der Waals surface area contributed by atoms with Gasteiger partial charge in [0.1, 0.15) is 0 Å². The Hall–Kier alpha value is -1.40. The molecule has 6 heteroatoms. The van der Waals surface area contributed by atoms with Crippen molar-refractivity contribution < 1.29 is 14.3 Å². The van der Waals surface area contributed by atoms with E-state index in [4.69, 9.17) is 4.74 Å². The summed E-state index contributed by atoms with van der Waals surface area (Å²) in [5, 5.41) is 2.62. The van der Waals surface area contributed by atoms with Crippen molar-refractivity contribution in [2.24, 2.45) is 0 Å². The van der Waals surface area contributed by atoms with Crippen molar-refractivity contribution in [3.05, 3.63) is 22.2 Å². The summed E-state index contributed by atoms with van der Waals surface area (Å²) in [6.07, 6.45) is 2.81. The van der Waals surface area contributed by atoms with Gasteiger partial charge in [0.15, 0.2) is 0 Å². The number of carbonyl (C=O) groups excluding carboxylic acids is 2. The summed E-state index contributed by atoms with van der Waals surface area (Å²) in [5.41, 5.74) is 2.07. The van der Waals surface area contributed by atoms with Gasteiger partial charge in [0.2, 0.25) is 0 Å². The molecule has 0 aromatic heterocycles. The van der Waals surface area contributed by atoms with Gasteiger partial charge in [0.25, 0.3) is 11.7 Å². The molecule has 2 fully saturated rings. The van der Waals surface area contributed by atoms with Gasteiger partial charge in [-0.05, 0) is 40.9 Å². The Balaban J connectivity index is 1.71. The maximum absolute atomic E-state index is 11.7. The Morgan fingerprint density at radius 1 is 1.20 bits per heavy atom. The van der Waals surface area contributed by atoms with Crippen LogP contribution >= 0.6 is 15.9 Å². The number of ether oxygens (including phenoxy) is 1. The molecule has 4 rings (SSSR count). The number of amides is 1. The normalized spacial score (nSPS) is 27.8. The molecule has 20 heavy (non-hydrogen) atoms. The lowest BCUT2D eigenvalue weighted by Gasteiger charge is -2.34. The van der Waals surface area contributed by atoms with Crippen LogP contribution in [0.2, 0.25) is 0 Å². The smallest absolute Gasteiger partial charge is 0.296 e. The van der Waals surface area contributed by atoms with Crippen molar-refractivity contribution in [2.45, 2.75) is 25.0 Å². The summed E-state index contributed by atoms with van der Waals surface area (Å²) >= 11 is 3.52. The van der Waals surface area contributed by atoms with Crippen LogP contribution in [0.5, 0.6) is 0 Å². The molecule has 1 amide bonds. The molecule has 2 saturated heterocycles. The van der Waals surface area contributed by atoms with Gasteiger partial charge in [-0.25, -0.2) is 0 Å². The fourth-order valence-electron chi connectivity index (χ4n) is 3.21. The number of hydrogen-bond acceptors (Lipinski definition) is 4. The van der Waals surface area contributed by atoms with Gasteiger partial charge in [0, 0.05) is 17.6 Å². The number of ketones is 1. The van der Waals surface area contributed by atoms with Gasteiger partial charge in [-0.3, -0.25) is 9.59 Å². The molecule has 5 nitrogen and oxygen atoms in total. The van der Waals surface area contributed by atoms with Crippen LogP contribution in [0.4, 0.5) is 11.4 Å². The molecule has 104 valence electrons. The van der Waals surface area contributed by atoms with Crippen molar-refractivity contribution in [3.8, 4) is 0 Å². The molecule has 3 heterocycles. The van der Waals surface area contributed by atoms with E-state index in [1.54, 1.807) is 6.07 Å². The Morgan fingerprint density at radius 3 is 2.60 bits per heavy atom. The monoisotopic (exact) mass is 336 g/mol. The van der Waals surface area contributed by atoms with E-state index in [1.165, 1.54) is 0 Å². The van der Waals surface area contributed by atoms with Crippen LogP contribution < -0.4 is 10.2 Å². The Kier molecular flexibility index (Phi) is 2.65. The third kappa shape index (κ3) is 1.78. The largest absolute Gasteiger partial charge is 0.371 e. The molecule has 3 aliphatic rings. The van der Waals surface area contributed by atoms with E-state index in [1.807, 2.05) is 6.07 Å². The third-order valence-electron chi connectivity index (χ3n) is 4.17. The van der Waals surface area contributed by atoms with Crippen LogP contribution in [0.15, 0.2) is 16.6 Å². The molecule has 0 radical (unpaired) electrons. The van der Waals surface area contributed by atoms with Gasteiger partial charge >= 0.3 is 0 Å². The minimum absolute atomic E-state index is 0.296. The van der Waals surface area contributed by atoms with Crippen molar-refractivity contribution in [2.75, 3.05) is 23.3 Å². The van der Waals surface area contributed by atoms with Crippen molar-refractivity contribution >= 4 is 39.0 Å². The second-order valence-electron chi connectivity index (χ2n) is 5.49. The van der Waals surface area contributed by atoms with Gasteiger partial charge < -0.3 is 15.0 Å². The first kappa shape index (κ1) is 12.3. The topological polar surface area (TPSA) is 58.6 Å². The molecule has 2 unspecified atom stereocenters. The summed E-state index contributed by atoms with van der Waals surface area (Å²) < 4.78 is 6.68. The molecule has 2 atom stereocenters. The fourth-order valence-corrected chi connectivity index (χ4v) is 3.80. The average Bonchev–Trinajstić information content (AvgIpc) is 2.90. The molecular formula is C14H13BrN2O3. The Bertz CT molecular complexity index is 619. The minimum atomic E-state index is -0.550. The highest BCUT2D eigenvalue weighted by Gasteiger charge is 2.36. The SMILES string of the molecule is O=C1Nc2cc(N3CC4CCC(C3)O4)c(Br)cc2C1=O. The van der Waals surface area contributed by atoms with Crippen LogP contribution in [-0.2, 0) is 9.53 Å². The third-order valence-corrected chi connectivity index (χ3v) is 4.81. The molecule has 1 N–H and O–H groups in total. The fraction of sp³-hybridized carbons (Fsp3) is 0.429. The average molecular weight is 337 g/mol. The molecule has 0 saturated carbocycles. The highest BCUT2D eigenvalue weighted by atomic mass is 79.9. The molecule has 1 aromatic rings. The quantitative estimate of drug-likeness (QED) is 0.796. The summed E-state index contributed by atoms with van der Waals surface area (Å²) in [6.45, 7) is 1.71. The molecular weight excluding hydrogens is 324 g/mol. The van der Waals surface area contributed by atoms with Gasteiger partial charge in [-0.1, -0.05) is 0 Å². The highest BCUT2D eigenvalue weighted by molar-refractivity contribution is 9.10. The van der Waals surface area contributed by atoms with Crippen molar-refractivity contribution in [1.82, 2.24) is 0 Å². The number of fused-ring (bicyclic) bond motifs is 3. The van der Waals surface area contributed by atoms with E-state index in [0.29, 0.717) is 23.5 Å².